The van der Waals surface area contributed by atoms with Crippen molar-refractivity contribution in [3.63, 3.8) is 0 Å². The summed E-state index contributed by atoms with van der Waals surface area (Å²) in [6.45, 7) is 10.6. The number of carbonyl (C=O) groups is 3. The molecule has 1 saturated carbocycles. The lowest BCUT2D eigenvalue weighted by Crippen LogP contribution is -2.61. The minimum atomic E-state index is -0.654. The van der Waals surface area contributed by atoms with Crippen molar-refractivity contribution in [3.8, 4) is 16.9 Å². The van der Waals surface area contributed by atoms with Gasteiger partial charge in [0, 0.05) is 68.7 Å². The maximum atomic E-state index is 15.0. The summed E-state index contributed by atoms with van der Waals surface area (Å²) < 4.78 is 23.9. The Balaban J connectivity index is 1.27. The highest BCUT2D eigenvalue weighted by molar-refractivity contribution is 5.89. The van der Waals surface area contributed by atoms with E-state index < -0.39 is 23.7 Å². The summed E-state index contributed by atoms with van der Waals surface area (Å²) in [6.07, 6.45) is 4.58. The molecule has 0 spiro atoms. The van der Waals surface area contributed by atoms with Crippen LogP contribution >= 0.6 is 0 Å². The third-order valence-electron chi connectivity index (χ3n) is 9.57. The van der Waals surface area contributed by atoms with Gasteiger partial charge in [-0.1, -0.05) is 42.5 Å². The Morgan fingerprint density at radius 2 is 1.70 bits per heavy atom. The molecular formula is C42H52N4O7. The average Bonchev–Trinajstić information content (AvgIpc) is 3.94. The highest BCUT2D eigenvalue weighted by atomic mass is 16.6. The van der Waals surface area contributed by atoms with Crippen LogP contribution in [0.15, 0.2) is 79.0 Å². The third-order valence-corrected chi connectivity index (χ3v) is 9.57. The van der Waals surface area contributed by atoms with Crippen LogP contribution in [-0.2, 0) is 36.9 Å². The highest BCUT2D eigenvalue weighted by Gasteiger charge is 2.42. The molecule has 3 aromatic carbocycles. The fourth-order valence-corrected chi connectivity index (χ4v) is 6.91. The first-order valence-corrected chi connectivity index (χ1v) is 18.6. The van der Waals surface area contributed by atoms with Crippen LogP contribution in [0.4, 0.5) is 10.5 Å². The molecule has 53 heavy (non-hydrogen) atoms. The zero-order chi connectivity index (χ0) is 37.5. The number of rotatable bonds is 14. The molecule has 2 heterocycles. The number of methoxy groups -OCH3 is 1. The number of aromatic nitrogens is 1. The largest absolute Gasteiger partial charge is 0.482 e. The Hall–Kier alpha value is -5.03. The Morgan fingerprint density at radius 3 is 2.42 bits per heavy atom. The number of anilines is 1. The van der Waals surface area contributed by atoms with Gasteiger partial charge >= 0.3 is 12.1 Å². The first-order valence-electron chi connectivity index (χ1n) is 18.6. The van der Waals surface area contributed by atoms with Gasteiger partial charge in [0.15, 0.2) is 6.61 Å². The predicted molar refractivity (Wildman–Crippen MR) is 205 cm³/mol. The lowest BCUT2D eigenvalue weighted by molar-refractivity contribution is -0.145. The van der Waals surface area contributed by atoms with Crippen molar-refractivity contribution in [3.05, 3.63) is 84.6 Å². The summed E-state index contributed by atoms with van der Waals surface area (Å²) in [5.74, 6) is 0.163. The van der Waals surface area contributed by atoms with Crippen molar-refractivity contribution in [1.82, 2.24) is 14.4 Å². The van der Waals surface area contributed by atoms with Crippen molar-refractivity contribution in [2.75, 3.05) is 51.5 Å². The number of carbonyl (C=O) groups excluding carboxylic acids is 3. The Labute approximate surface area is 312 Å². The number of esters is 1. The van der Waals surface area contributed by atoms with Gasteiger partial charge in [0.05, 0.1) is 13.2 Å². The summed E-state index contributed by atoms with van der Waals surface area (Å²) in [6, 6.07) is 23.6. The number of para-hydroxylation sites is 1. The summed E-state index contributed by atoms with van der Waals surface area (Å²) in [5.41, 5.74) is 4.44. The molecule has 11 heteroatoms. The van der Waals surface area contributed by atoms with Gasteiger partial charge in [-0.05, 0) is 94.0 Å². The van der Waals surface area contributed by atoms with E-state index in [0.717, 1.165) is 59.1 Å². The number of ether oxygens (including phenoxy) is 4. The number of benzene rings is 3. The van der Waals surface area contributed by atoms with Gasteiger partial charge < -0.3 is 38.2 Å². The molecular weight excluding hydrogens is 672 g/mol. The highest BCUT2D eigenvalue weighted by Crippen LogP contribution is 2.34. The standard InChI is InChI=1S/C42H52N4O7/c1-6-51-39(47)29-52-35-19-15-30(16-20-35)31-11-9-12-34(25-31)45-23-22-44(41(49)53-42(2,3)4)28-38(45)40(48)46(33-17-18-33)27-32-26-43(21-10-24-50-5)37-14-8-7-13-36(32)37/h7-9,11-16,19-20,25-26,33,38H,6,10,17-18,21-24,27-29H2,1-5H3. The number of aryl methyl sites for hydroxylation is 1. The molecule has 4 aromatic rings. The number of hydrogen-bond donors (Lipinski definition) is 0. The van der Waals surface area contributed by atoms with Gasteiger partial charge in [-0.25, -0.2) is 9.59 Å². The van der Waals surface area contributed by atoms with Crippen LogP contribution in [-0.4, -0.2) is 96.6 Å². The van der Waals surface area contributed by atoms with Crippen molar-refractivity contribution in [1.29, 1.82) is 0 Å². The van der Waals surface area contributed by atoms with Crippen LogP contribution in [0.2, 0.25) is 0 Å². The fourth-order valence-electron chi connectivity index (χ4n) is 6.91. The number of fused-ring (bicyclic) bond motifs is 1. The lowest BCUT2D eigenvalue weighted by atomic mass is 10.0. The normalized spacial score (nSPS) is 16.1. The predicted octanol–water partition coefficient (Wildman–Crippen LogP) is 6.90. The molecule has 1 aliphatic heterocycles. The molecule has 0 bridgehead atoms. The number of piperazine rings is 1. The molecule has 1 aromatic heterocycles. The first-order chi connectivity index (χ1) is 25.5. The van der Waals surface area contributed by atoms with E-state index in [-0.39, 0.29) is 25.1 Å². The second kappa shape index (κ2) is 16.8. The van der Waals surface area contributed by atoms with E-state index in [9.17, 15) is 14.4 Å². The van der Waals surface area contributed by atoms with E-state index >= 15 is 0 Å². The average molecular weight is 725 g/mol. The third kappa shape index (κ3) is 9.50. The molecule has 0 radical (unpaired) electrons. The van der Waals surface area contributed by atoms with Crippen LogP contribution in [0.5, 0.6) is 5.75 Å². The van der Waals surface area contributed by atoms with E-state index in [0.29, 0.717) is 38.6 Å². The zero-order valence-corrected chi connectivity index (χ0v) is 31.6. The summed E-state index contributed by atoms with van der Waals surface area (Å²) in [7, 11) is 1.72. The van der Waals surface area contributed by atoms with Crippen molar-refractivity contribution in [2.45, 2.75) is 77.7 Å². The minimum Gasteiger partial charge on any atom is -0.482 e. The van der Waals surface area contributed by atoms with Crippen LogP contribution in [0.1, 0.15) is 52.5 Å². The van der Waals surface area contributed by atoms with Crippen LogP contribution in [0.3, 0.4) is 0 Å². The van der Waals surface area contributed by atoms with Gasteiger partial charge in [0.2, 0.25) is 5.91 Å². The van der Waals surface area contributed by atoms with Gasteiger partial charge in [-0.3, -0.25) is 4.79 Å². The molecule has 1 unspecified atom stereocenters. The number of nitrogens with zero attached hydrogens (tertiary/aromatic N) is 4. The molecule has 1 saturated heterocycles. The minimum absolute atomic E-state index is 0.00507. The second-order valence-corrected chi connectivity index (χ2v) is 14.7. The molecule has 2 amide bonds. The molecule has 0 N–H and O–H groups in total. The van der Waals surface area contributed by atoms with Crippen LogP contribution < -0.4 is 9.64 Å². The maximum Gasteiger partial charge on any atom is 0.410 e. The van der Waals surface area contributed by atoms with Crippen LogP contribution in [0.25, 0.3) is 22.0 Å². The first kappa shape index (κ1) is 37.7. The molecule has 282 valence electrons. The van der Waals surface area contributed by atoms with E-state index in [1.165, 1.54) is 0 Å². The smallest absolute Gasteiger partial charge is 0.410 e. The fraction of sp³-hybridized carbons (Fsp3) is 0.452. The van der Waals surface area contributed by atoms with Gasteiger partial charge in [-0.2, -0.15) is 0 Å². The molecule has 2 aliphatic rings. The van der Waals surface area contributed by atoms with Gasteiger partial charge in [0.25, 0.3) is 0 Å². The lowest BCUT2D eigenvalue weighted by Gasteiger charge is -2.43. The molecule has 2 fully saturated rings. The molecule has 11 nitrogen and oxygen atoms in total. The van der Waals surface area contributed by atoms with Crippen molar-refractivity contribution >= 4 is 34.6 Å². The summed E-state index contributed by atoms with van der Waals surface area (Å²) in [4.78, 5) is 45.9. The zero-order valence-electron chi connectivity index (χ0n) is 31.6. The SMILES string of the molecule is CCOC(=O)COc1ccc(-c2cccc(N3CCN(C(=O)OC(C)(C)C)CC3C(=O)N(Cc3cn(CCCOC)c4ccccc34)C3CC3)c2)cc1. The molecule has 1 aliphatic carbocycles. The Bertz CT molecular complexity index is 1880. The van der Waals surface area contributed by atoms with Gasteiger partial charge in [0.1, 0.15) is 17.4 Å². The molecule has 6 rings (SSSR count). The quantitative estimate of drug-likeness (QED) is 0.102. The number of hydrogen-bond acceptors (Lipinski definition) is 8. The van der Waals surface area contributed by atoms with Gasteiger partial charge in [-0.15, -0.1) is 0 Å². The second-order valence-electron chi connectivity index (χ2n) is 14.7. The Morgan fingerprint density at radius 1 is 0.925 bits per heavy atom. The van der Waals surface area contributed by atoms with E-state index in [4.69, 9.17) is 18.9 Å². The monoisotopic (exact) mass is 724 g/mol. The van der Waals surface area contributed by atoms with E-state index in [2.05, 4.69) is 39.9 Å². The van der Waals surface area contributed by atoms with Crippen molar-refractivity contribution < 1.29 is 33.3 Å². The molecule has 1 atom stereocenters. The summed E-state index contributed by atoms with van der Waals surface area (Å²) >= 11 is 0. The topological polar surface area (TPSA) is 103 Å². The maximum absolute atomic E-state index is 15.0. The van der Waals surface area contributed by atoms with Crippen molar-refractivity contribution in [2.24, 2.45) is 0 Å². The summed E-state index contributed by atoms with van der Waals surface area (Å²) in [5, 5.41) is 1.14. The number of amides is 2. The van der Waals surface area contributed by atoms with E-state index in [1.807, 2.05) is 74.2 Å². The van der Waals surface area contributed by atoms with E-state index in [1.54, 1.807) is 18.9 Å². The van der Waals surface area contributed by atoms with Crippen LogP contribution in [0, 0.1) is 0 Å². The Kier molecular flexibility index (Phi) is 11.9.